The van der Waals surface area contributed by atoms with E-state index in [2.05, 4.69) is 10.3 Å². The Balaban J connectivity index is 2.12. The minimum Gasteiger partial charge on any atom is -0.345 e. The highest BCUT2D eigenvalue weighted by Gasteiger charge is 2.26. The van der Waals surface area contributed by atoms with E-state index in [0.29, 0.717) is 19.5 Å². The van der Waals surface area contributed by atoms with Crippen LogP contribution in [0.3, 0.4) is 0 Å². The van der Waals surface area contributed by atoms with Gasteiger partial charge in [0, 0.05) is 32.4 Å². The fourth-order valence-electron chi connectivity index (χ4n) is 1.87. The molecule has 0 radical (unpaired) electrons. The van der Waals surface area contributed by atoms with Crippen LogP contribution >= 0.6 is 0 Å². The van der Waals surface area contributed by atoms with Crippen LogP contribution in [0, 0.1) is 0 Å². The third-order valence-corrected chi connectivity index (χ3v) is 2.92. The number of amides is 2. The van der Waals surface area contributed by atoms with Crippen molar-refractivity contribution >= 4 is 11.8 Å². The molecule has 2 amide bonds. The summed E-state index contributed by atoms with van der Waals surface area (Å²) in [5.41, 5.74) is 0. The van der Waals surface area contributed by atoms with Gasteiger partial charge in [-0.25, -0.2) is 4.98 Å². The summed E-state index contributed by atoms with van der Waals surface area (Å²) in [6, 6.07) is -0.453. The molecule has 1 unspecified atom stereocenters. The molecule has 1 aromatic rings. The fraction of sp³-hybridized carbons (Fsp3) is 0.545. The van der Waals surface area contributed by atoms with Gasteiger partial charge in [0.15, 0.2) is 0 Å². The summed E-state index contributed by atoms with van der Waals surface area (Å²) in [7, 11) is 1.89. The largest absolute Gasteiger partial charge is 0.345 e. The summed E-state index contributed by atoms with van der Waals surface area (Å²) in [4.78, 5) is 29.2. The molecule has 2 rings (SSSR count). The maximum atomic E-state index is 12.0. The maximum absolute atomic E-state index is 12.0. The van der Waals surface area contributed by atoms with Crippen molar-refractivity contribution in [1.29, 1.82) is 0 Å². The molecule has 1 aliphatic rings. The summed E-state index contributed by atoms with van der Waals surface area (Å²) >= 11 is 0. The molecule has 17 heavy (non-hydrogen) atoms. The molecule has 0 spiro atoms. The standard InChI is InChI=1S/C11H16N4O2/c1-8-11(17)15(5-3-10(16)13-8)7-9-12-4-6-14(9)2/h4,6,8H,3,5,7H2,1-2H3,(H,13,16). The van der Waals surface area contributed by atoms with Crippen LogP contribution in [0.15, 0.2) is 12.4 Å². The first-order valence-electron chi connectivity index (χ1n) is 5.62. The van der Waals surface area contributed by atoms with Gasteiger partial charge in [0.1, 0.15) is 11.9 Å². The van der Waals surface area contributed by atoms with Crippen LogP contribution in [0.1, 0.15) is 19.2 Å². The summed E-state index contributed by atoms with van der Waals surface area (Å²) < 4.78 is 1.87. The monoisotopic (exact) mass is 236 g/mol. The van der Waals surface area contributed by atoms with Gasteiger partial charge >= 0.3 is 0 Å². The molecule has 1 aliphatic heterocycles. The normalized spacial score (nSPS) is 21.3. The molecular weight excluding hydrogens is 220 g/mol. The number of carbonyl (C=O) groups is 2. The van der Waals surface area contributed by atoms with Crippen molar-refractivity contribution in [2.24, 2.45) is 7.05 Å². The number of aromatic nitrogens is 2. The van der Waals surface area contributed by atoms with Crippen LogP contribution in [0.25, 0.3) is 0 Å². The second-order valence-corrected chi connectivity index (χ2v) is 4.25. The van der Waals surface area contributed by atoms with E-state index in [4.69, 9.17) is 0 Å². The lowest BCUT2D eigenvalue weighted by atomic mass is 10.3. The van der Waals surface area contributed by atoms with Gasteiger partial charge in [0.05, 0.1) is 6.54 Å². The Hall–Kier alpha value is -1.85. The van der Waals surface area contributed by atoms with Crippen LogP contribution < -0.4 is 5.32 Å². The molecule has 1 N–H and O–H groups in total. The number of nitrogens with one attached hydrogen (secondary N) is 1. The van der Waals surface area contributed by atoms with E-state index >= 15 is 0 Å². The first-order valence-corrected chi connectivity index (χ1v) is 5.62. The van der Waals surface area contributed by atoms with Gasteiger partial charge in [0.25, 0.3) is 0 Å². The SMILES string of the molecule is CC1NC(=O)CCN(Cc2nccn2C)C1=O. The second-order valence-electron chi connectivity index (χ2n) is 4.25. The molecule has 0 aliphatic carbocycles. The van der Waals surface area contributed by atoms with Gasteiger partial charge in [-0.05, 0) is 6.92 Å². The maximum Gasteiger partial charge on any atom is 0.245 e. The van der Waals surface area contributed by atoms with Crippen LogP contribution in [-0.4, -0.2) is 38.9 Å². The molecule has 0 aromatic carbocycles. The van der Waals surface area contributed by atoms with Crippen LogP contribution in [0.5, 0.6) is 0 Å². The number of carbonyl (C=O) groups excluding carboxylic acids is 2. The predicted octanol–water partition coefficient (Wildman–Crippen LogP) is -0.343. The van der Waals surface area contributed by atoms with Crippen molar-refractivity contribution in [1.82, 2.24) is 19.8 Å². The highest BCUT2D eigenvalue weighted by atomic mass is 16.2. The number of imidazole rings is 1. The van der Waals surface area contributed by atoms with Crippen molar-refractivity contribution in [3.63, 3.8) is 0 Å². The van der Waals surface area contributed by atoms with E-state index in [1.165, 1.54) is 0 Å². The summed E-state index contributed by atoms with van der Waals surface area (Å²) in [5.74, 6) is 0.687. The molecular formula is C11H16N4O2. The second kappa shape index (κ2) is 4.57. The number of nitrogens with zero attached hydrogens (tertiary/aromatic N) is 3. The lowest BCUT2D eigenvalue weighted by Crippen LogP contribution is -2.42. The third-order valence-electron chi connectivity index (χ3n) is 2.92. The van der Waals surface area contributed by atoms with Crippen molar-refractivity contribution in [3.8, 4) is 0 Å². The predicted molar refractivity (Wildman–Crippen MR) is 60.8 cm³/mol. The van der Waals surface area contributed by atoms with Crippen molar-refractivity contribution < 1.29 is 9.59 Å². The number of aryl methyl sites for hydroxylation is 1. The first kappa shape index (κ1) is 11.6. The zero-order valence-electron chi connectivity index (χ0n) is 10.0. The van der Waals surface area contributed by atoms with E-state index in [1.807, 2.05) is 17.8 Å². The van der Waals surface area contributed by atoms with E-state index in [-0.39, 0.29) is 11.8 Å². The molecule has 1 saturated heterocycles. The molecule has 0 bridgehead atoms. The summed E-state index contributed by atoms with van der Waals surface area (Å²) in [6.07, 6.45) is 3.88. The zero-order valence-corrected chi connectivity index (χ0v) is 10.0. The van der Waals surface area contributed by atoms with E-state index < -0.39 is 6.04 Å². The third kappa shape index (κ3) is 2.46. The van der Waals surface area contributed by atoms with E-state index in [1.54, 1.807) is 18.0 Å². The van der Waals surface area contributed by atoms with Crippen molar-refractivity contribution in [2.75, 3.05) is 6.54 Å². The number of hydrogen-bond acceptors (Lipinski definition) is 3. The average Bonchev–Trinajstić information content (AvgIpc) is 2.63. The number of hydrogen-bond donors (Lipinski definition) is 1. The van der Waals surface area contributed by atoms with Gasteiger partial charge in [0.2, 0.25) is 11.8 Å². The fourth-order valence-corrected chi connectivity index (χ4v) is 1.87. The van der Waals surface area contributed by atoms with E-state index in [0.717, 1.165) is 5.82 Å². The highest BCUT2D eigenvalue weighted by molar-refractivity contribution is 5.89. The summed E-state index contributed by atoms with van der Waals surface area (Å²) in [5, 5.41) is 2.66. The topological polar surface area (TPSA) is 67.2 Å². The summed E-state index contributed by atoms with van der Waals surface area (Å²) in [6.45, 7) is 2.60. The van der Waals surface area contributed by atoms with Gasteiger partial charge in [-0.1, -0.05) is 0 Å². The molecule has 0 saturated carbocycles. The Morgan fingerprint density at radius 2 is 2.29 bits per heavy atom. The Morgan fingerprint density at radius 3 is 2.94 bits per heavy atom. The van der Waals surface area contributed by atoms with Crippen LogP contribution in [0.4, 0.5) is 0 Å². The van der Waals surface area contributed by atoms with Crippen LogP contribution in [-0.2, 0) is 23.2 Å². The quantitative estimate of drug-likeness (QED) is 0.763. The van der Waals surface area contributed by atoms with Crippen LogP contribution in [0.2, 0.25) is 0 Å². The molecule has 1 atom stereocenters. The smallest absolute Gasteiger partial charge is 0.245 e. The molecule has 2 heterocycles. The van der Waals surface area contributed by atoms with Gasteiger partial charge < -0.3 is 14.8 Å². The highest BCUT2D eigenvalue weighted by Crippen LogP contribution is 2.08. The minimum atomic E-state index is -0.453. The number of rotatable bonds is 2. The Bertz CT molecular complexity index is 440. The van der Waals surface area contributed by atoms with E-state index in [9.17, 15) is 9.59 Å². The molecule has 6 nitrogen and oxygen atoms in total. The lowest BCUT2D eigenvalue weighted by Gasteiger charge is -2.21. The lowest BCUT2D eigenvalue weighted by molar-refractivity contribution is -0.133. The first-order chi connectivity index (χ1) is 8.08. The van der Waals surface area contributed by atoms with Gasteiger partial charge in [-0.15, -0.1) is 0 Å². The molecule has 92 valence electrons. The minimum absolute atomic E-state index is 0.0566. The Labute approximate surface area is 99.6 Å². The zero-order chi connectivity index (χ0) is 12.4. The Kier molecular flexibility index (Phi) is 3.12. The molecule has 1 fully saturated rings. The van der Waals surface area contributed by atoms with Crippen molar-refractivity contribution in [2.45, 2.75) is 25.9 Å². The van der Waals surface area contributed by atoms with Gasteiger partial charge in [-0.3, -0.25) is 9.59 Å². The average molecular weight is 236 g/mol. The molecule has 6 heteroatoms. The Morgan fingerprint density at radius 1 is 1.53 bits per heavy atom. The van der Waals surface area contributed by atoms with Crippen molar-refractivity contribution in [3.05, 3.63) is 18.2 Å². The molecule has 1 aromatic heterocycles. The van der Waals surface area contributed by atoms with Gasteiger partial charge in [-0.2, -0.15) is 0 Å².